The van der Waals surface area contributed by atoms with E-state index in [-0.39, 0.29) is 5.41 Å². The number of aliphatic hydroxyl groups excluding tert-OH is 1. The quantitative estimate of drug-likeness (QED) is 0.748. The Balaban J connectivity index is 2.53. The summed E-state index contributed by atoms with van der Waals surface area (Å²) in [5.74, 6) is 0. The number of aliphatic hydroxyl groups is 1. The monoisotopic (exact) mass is 228 g/mol. The molecule has 1 rings (SSSR count). The molecule has 1 unspecified atom stereocenters. The second kappa shape index (κ2) is 6.58. The third kappa shape index (κ3) is 4.40. The van der Waals surface area contributed by atoms with E-state index in [1.165, 1.54) is 19.3 Å². The Kier molecular flexibility index (Phi) is 5.73. The Morgan fingerprint density at radius 2 is 2.06 bits per heavy atom. The van der Waals surface area contributed by atoms with Crippen molar-refractivity contribution in [2.24, 2.45) is 5.41 Å². The minimum absolute atomic E-state index is 0.284. The zero-order valence-electron chi connectivity index (χ0n) is 11.1. The lowest BCUT2D eigenvalue weighted by Crippen LogP contribution is -2.45. The molecular weight excluding hydrogens is 200 g/mol. The van der Waals surface area contributed by atoms with Gasteiger partial charge in [0.2, 0.25) is 0 Å². The second-order valence-electron chi connectivity index (χ2n) is 5.85. The summed E-state index contributed by atoms with van der Waals surface area (Å²) in [6.45, 7) is 8.17. The van der Waals surface area contributed by atoms with Crippen LogP contribution in [-0.4, -0.2) is 49.3 Å². The van der Waals surface area contributed by atoms with E-state index < -0.39 is 0 Å². The number of hydrogen-bond acceptors (Lipinski definition) is 3. The van der Waals surface area contributed by atoms with Gasteiger partial charge in [0.25, 0.3) is 0 Å². The molecule has 0 radical (unpaired) electrons. The molecule has 0 bridgehead atoms. The number of nitrogens with one attached hydrogen (secondary N) is 1. The lowest BCUT2D eigenvalue weighted by molar-refractivity contribution is 0.0869. The summed E-state index contributed by atoms with van der Waals surface area (Å²) in [5.41, 5.74) is 0.284. The first kappa shape index (κ1) is 13.9. The lowest BCUT2D eigenvalue weighted by atomic mass is 9.92. The first-order chi connectivity index (χ1) is 7.59. The van der Waals surface area contributed by atoms with Crippen molar-refractivity contribution in [2.45, 2.75) is 45.6 Å². The van der Waals surface area contributed by atoms with E-state index in [1.54, 1.807) is 0 Å². The molecule has 1 atom stereocenters. The van der Waals surface area contributed by atoms with E-state index in [0.717, 1.165) is 26.1 Å². The molecule has 1 heterocycles. The largest absolute Gasteiger partial charge is 0.395 e. The molecule has 1 saturated heterocycles. The van der Waals surface area contributed by atoms with E-state index in [2.05, 4.69) is 24.1 Å². The van der Waals surface area contributed by atoms with E-state index in [4.69, 9.17) is 0 Å². The Hall–Kier alpha value is -0.120. The third-order valence-electron chi connectivity index (χ3n) is 3.50. The second-order valence-corrected chi connectivity index (χ2v) is 5.85. The number of hydrogen-bond donors (Lipinski definition) is 2. The van der Waals surface area contributed by atoms with Crippen molar-refractivity contribution >= 4 is 0 Å². The highest BCUT2D eigenvalue weighted by Gasteiger charge is 2.26. The van der Waals surface area contributed by atoms with Crippen LogP contribution in [0.15, 0.2) is 0 Å². The van der Waals surface area contributed by atoms with Gasteiger partial charge in [0.1, 0.15) is 0 Å². The Morgan fingerprint density at radius 1 is 1.31 bits per heavy atom. The fourth-order valence-corrected chi connectivity index (χ4v) is 2.74. The van der Waals surface area contributed by atoms with Gasteiger partial charge in [-0.15, -0.1) is 0 Å². The predicted molar refractivity (Wildman–Crippen MR) is 68.6 cm³/mol. The van der Waals surface area contributed by atoms with E-state index in [1.807, 2.05) is 7.05 Å². The molecule has 0 aromatic carbocycles. The van der Waals surface area contributed by atoms with Gasteiger partial charge in [-0.1, -0.05) is 26.7 Å². The fraction of sp³-hybridized carbons (Fsp3) is 1.00. The zero-order valence-corrected chi connectivity index (χ0v) is 11.1. The molecule has 16 heavy (non-hydrogen) atoms. The van der Waals surface area contributed by atoms with Gasteiger partial charge in [0.05, 0.1) is 6.61 Å². The maximum Gasteiger partial charge on any atom is 0.0586 e. The van der Waals surface area contributed by atoms with Crippen LogP contribution in [0.3, 0.4) is 0 Å². The third-order valence-corrected chi connectivity index (χ3v) is 3.50. The minimum atomic E-state index is 0.284. The molecule has 0 aromatic heterocycles. The Labute approximate surface area is 100 Å². The summed E-state index contributed by atoms with van der Waals surface area (Å²) in [6, 6.07) is 0.388. The molecule has 0 aliphatic carbocycles. The molecule has 96 valence electrons. The first-order valence-electron chi connectivity index (χ1n) is 6.58. The van der Waals surface area contributed by atoms with Gasteiger partial charge in [0.15, 0.2) is 0 Å². The van der Waals surface area contributed by atoms with Crippen LogP contribution in [0.25, 0.3) is 0 Å². The summed E-state index contributed by atoms with van der Waals surface area (Å²) >= 11 is 0. The minimum Gasteiger partial charge on any atom is -0.395 e. The van der Waals surface area contributed by atoms with Crippen LogP contribution in [0.4, 0.5) is 0 Å². The SMILES string of the molecule is CNCC(C)(C)CN1CCCCCC1CO. The maximum absolute atomic E-state index is 9.46. The van der Waals surface area contributed by atoms with Crippen LogP contribution < -0.4 is 5.32 Å². The van der Waals surface area contributed by atoms with E-state index in [0.29, 0.717) is 12.6 Å². The molecule has 0 spiro atoms. The highest BCUT2D eigenvalue weighted by Crippen LogP contribution is 2.22. The van der Waals surface area contributed by atoms with Crippen LogP contribution in [-0.2, 0) is 0 Å². The van der Waals surface area contributed by atoms with E-state index >= 15 is 0 Å². The lowest BCUT2D eigenvalue weighted by Gasteiger charge is -2.36. The number of likely N-dealkylation sites (tertiary alicyclic amines) is 1. The van der Waals surface area contributed by atoms with Gasteiger partial charge < -0.3 is 10.4 Å². The molecule has 3 nitrogen and oxygen atoms in total. The summed E-state index contributed by atoms with van der Waals surface area (Å²) in [7, 11) is 2.01. The van der Waals surface area contributed by atoms with Crippen molar-refractivity contribution in [2.75, 3.05) is 33.3 Å². The van der Waals surface area contributed by atoms with Crippen molar-refractivity contribution in [1.82, 2.24) is 10.2 Å². The highest BCUT2D eigenvalue weighted by molar-refractivity contribution is 4.81. The Morgan fingerprint density at radius 3 is 2.69 bits per heavy atom. The highest BCUT2D eigenvalue weighted by atomic mass is 16.3. The van der Waals surface area contributed by atoms with Crippen LogP contribution in [0.5, 0.6) is 0 Å². The van der Waals surface area contributed by atoms with Crippen LogP contribution in [0, 0.1) is 5.41 Å². The van der Waals surface area contributed by atoms with Crippen molar-refractivity contribution in [3.8, 4) is 0 Å². The van der Waals surface area contributed by atoms with Gasteiger partial charge in [-0.05, 0) is 31.8 Å². The van der Waals surface area contributed by atoms with Gasteiger partial charge in [-0.3, -0.25) is 4.90 Å². The van der Waals surface area contributed by atoms with Crippen molar-refractivity contribution in [3.05, 3.63) is 0 Å². The summed E-state index contributed by atoms with van der Waals surface area (Å²) in [5, 5.41) is 12.7. The van der Waals surface area contributed by atoms with Crippen LogP contribution in [0.2, 0.25) is 0 Å². The van der Waals surface area contributed by atoms with Crippen LogP contribution in [0.1, 0.15) is 39.5 Å². The average Bonchev–Trinajstić information content (AvgIpc) is 2.42. The molecule has 0 aromatic rings. The molecule has 1 fully saturated rings. The fourth-order valence-electron chi connectivity index (χ4n) is 2.74. The molecule has 1 aliphatic heterocycles. The molecule has 2 N–H and O–H groups in total. The van der Waals surface area contributed by atoms with Gasteiger partial charge >= 0.3 is 0 Å². The average molecular weight is 228 g/mol. The molecule has 0 saturated carbocycles. The molecule has 1 aliphatic rings. The van der Waals surface area contributed by atoms with Crippen molar-refractivity contribution < 1.29 is 5.11 Å². The molecule has 0 amide bonds. The van der Waals surface area contributed by atoms with Gasteiger partial charge in [-0.25, -0.2) is 0 Å². The standard InChI is InChI=1S/C13H28N2O/c1-13(2,10-14-3)11-15-8-6-4-5-7-12(15)9-16/h12,14,16H,4-11H2,1-3H3. The summed E-state index contributed by atoms with van der Waals surface area (Å²) in [6.07, 6.45) is 5.03. The van der Waals surface area contributed by atoms with Crippen molar-refractivity contribution in [3.63, 3.8) is 0 Å². The van der Waals surface area contributed by atoms with Crippen molar-refractivity contribution in [1.29, 1.82) is 0 Å². The Bertz CT molecular complexity index is 194. The normalized spacial score (nSPS) is 24.4. The zero-order chi connectivity index (χ0) is 12.0. The predicted octanol–water partition coefficient (Wildman–Crippen LogP) is 1.47. The maximum atomic E-state index is 9.46. The summed E-state index contributed by atoms with van der Waals surface area (Å²) in [4.78, 5) is 2.49. The smallest absolute Gasteiger partial charge is 0.0586 e. The first-order valence-corrected chi connectivity index (χ1v) is 6.58. The van der Waals surface area contributed by atoms with Crippen LogP contribution >= 0.6 is 0 Å². The molecule has 3 heteroatoms. The topological polar surface area (TPSA) is 35.5 Å². The number of nitrogens with zero attached hydrogens (tertiary/aromatic N) is 1. The van der Waals surface area contributed by atoms with Gasteiger partial charge in [0, 0.05) is 19.1 Å². The summed E-state index contributed by atoms with van der Waals surface area (Å²) < 4.78 is 0. The van der Waals surface area contributed by atoms with Gasteiger partial charge in [-0.2, -0.15) is 0 Å². The number of rotatable bonds is 5. The molecular formula is C13H28N2O. The van der Waals surface area contributed by atoms with E-state index in [9.17, 15) is 5.11 Å².